The zero-order valence-electron chi connectivity index (χ0n) is 9.77. The summed E-state index contributed by atoms with van der Waals surface area (Å²) in [5, 5.41) is 2.28. The summed E-state index contributed by atoms with van der Waals surface area (Å²) < 4.78 is 31.1. The topological polar surface area (TPSA) is 51.2 Å². The molecule has 6 heteroatoms. The van der Waals surface area contributed by atoms with E-state index in [0.717, 1.165) is 12.1 Å². The lowest BCUT2D eigenvalue weighted by atomic mass is 10.3. The molecule has 0 aliphatic heterocycles. The summed E-state index contributed by atoms with van der Waals surface area (Å²) in [6.07, 6.45) is 3.02. The molecule has 2 rings (SSSR count). The van der Waals surface area contributed by atoms with Gasteiger partial charge in [0, 0.05) is 12.3 Å². The first kappa shape index (κ1) is 12.9. The molecule has 0 fully saturated rings. The minimum Gasteiger partial charge on any atom is -0.482 e. The van der Waals surface area contributed by atoms with Crippen LogP contribution in [0.3, 0.4) is 0 Å². The third kappa shape index (κ3) is 3.74. The van der Waals surface area contributed by atoms with Gasteiger partial charge >= 0.3 is 0 Å². The maximum atomic E-state index is 13.3. The molecule has 0 spiro atoms. The number of anilines is 1. The quantitative estimate of drug-likeness (QED) is 0.922. The van der Waals surface area contributed by atoms with E-state index in [0.29, 0.717) is 11.8 Å². The van der Waals surface area contributed by atoms with Crippen LogP contribution < -0.4 is 10.1 Å². The van der Waals surface area contributed by atoms with Crippen molar-refractivity contribution in [3.05, 3.63) is 54.4 Å². The molecule has 0 saturated carbocycles. The fourth-order valence-corrected chi connectivity index (χ4v) is 1.36. The van der Waals surface area contributed by atoms with Gasteiger partial charge < -0.3 is 10.1 Å². The molecule has 19 heavy (non-hydrogen) atoms. The highest BCUT2D eigenvalue weighted by molar-refractivity contribution is 5.91. The van der Waals surface area contributed by atoms with Gasteiger partial charge in [0.2, 0.25) is 0 Å². The minimum absolute atomic E-state index is 0.0961. The number of hydrogen-bond acceptors (Lipinski definition) is 3. The summed E-state index contributed by atoms with van der Waals surface area (Å²) in [5.41, 5.74) is -0.0961. The van der Waals surface area contributed by atoms with E-state index < -0.39 is 17.5 Å². The average molecular weight is 264 g/mol. The number of carbonyl (C=O) groups is 1. The lowest BCUT2D eigenvalue weighted by molar-refractivity contribution is -0.118. The molecule has 0 radical (unpaired) electrons. The normalized spacial score (nSPS) is 10.0. The van der Waals surface area contributed by atoms with Gasteiger partial charge in [-0.15, -0.1) is 0 Å². The number of hydrogen-bond donors (Lipinski definition) is 1. The standard InChI is InChI=1S/C13H10F2N2O2/c14-9-3-4-12(11(15)6-9)17-13(18)8-19-10-2-1-5-16-7-10/h1-7H,8H2,(H,17,18). The second kappa shape index (κ2) is 5.90. The number of benzene rings is 1. The minimum atomic E-state index is -0.838. The van der Waals surface area contributed by atoms with E-state index in [1.807, 2.05) is 0 Å². The fraction of sp³-hybridized carbons (Fsp3) is 0.0769. The summed E-state index contributed by atoms with van der Waals surface area (Å²) >= 11 is 0. The highest BCUT2D eigenvalue weighted by Crippen LogP contribution is 2.15. The summed E-state index contributed by atoms with van der Waals surface area (Å²) in [7, 11) is 0. The van der Waals surface area contributed by atoms with Crippen LogP contribution in [0.2, 0.25) is 0 Å². The molecule has 1 amide bonds. The first-order valence-electron chi connectivity index (χ1n) is 5.43. The Kier molecular flexibility index (Phi) is 4.02. The van der Waals surface area contributed by atoms with E-state index in [1.54, 1.807) is 18.3 Å². The molecule has 0 saturated heterocycles. The number of nitrogens with zero attached hydrogens (tertiary/aromatic N) is 1. The van der Waals surface area contributed by atoms with E-state index in [4.69, 9.17) is 4.74 Å². The number of ether oxygens (including phenoxy) is 1. The Balaban J connectivity index is 1.91. The van der Waals surface area contributed by atoms with E-state index >= 15 is 0 Å². The van der Waals surface area contributed by atoms with Crippen LogP contribution >= 0.6 is 0 Å². The molecule has 0 aliphatic rings. The van der Waals surface area contributed by atoms with Gasteiger partial charge in [-0.3, -0.25) is 9.78 Å². The summed E-state index contributed by atoms with van der Waals surface area (Å²) in [5.74, 6) is -1.66. The van der Waals surface area contributed by atoms with Crippen molar-refractivity contribution >= 4 is 11.6 Å². The van der Waals surface area contributed by atoms with Crippen LogP contribution in [0.15, 0.2) is 42.7 Å². The Hall–Kier alpha value is -2.50. The predicted molar refractivity (Wildman–Crippen MR) is 64.7 cm³/mol. The molecule has 0 atom stereocenters. The van der Waals surface area contributed by atoms with Crippen molar-refractivity contribution in [1.29, 1.82) is 0 Å². The van der Waals surface area contributed by atoms with Gasteiger partial charge in [0.15, 0.2) is 6.61 Å². The summed E-state index contributed by atoms with van der Waals surface area (Å²) in [4.78, 5) is 15.3. The first-order valence-corrected chi connectivity index (χ1v) is 5.43. The van der Waals surface area contributed by atoms with Gasteiger partial charge in [-0.2, -0.15) is 0 Å². The maximum Gasteiger partial charge on any atom is 0.262 e. The zero-order chi connectivity index (χ0) is 13.7. The maximum absolute atomic E-state index is 13.3. The number of pyridine rings is 1. The second-order valence-electron chi connectivity index (χ2n) is 3.65. The van der Waals surface area contributed by atoms with Crippen molar-refractivity contribution in [1.82, 2.24) is 4.98 Å². The molecule has 0 aliphatic carbocycles. The average Bonchev–Trinajstić information content (AvgIpc) is 2.41. The fourth-order valence-electron chi connectivity index (χ4n) is 1.36. The molecule has 98 valence electrons. The van der Waals surface area contributed by atoms with Crippen LogP contribution in [0.1, 0.15) is 0 Å². The molecule has 4 nitrogen and oxygen atoms in total. The molecule has 1 aromatic heterocycles. The Labute approximate surface area is 108 Å². The third-order valence-corrected chi connectivity index (χ3v) is 2.21. The van der Waals surface area contributed by atoms with Crippen LogP contribution in [-0.4, -0.2) is 17.5 Å². The number of rotatable bonds is 4. The van der Waals surface area contributed by atoms with E-state index in [-0.39, 0.29) is 12.3 Å². The van der Waals surface area contributed by atoms with Crippen molar-refractivity contribution in [3.63, 3.8) is 0 Å². The number of aromatic nitrogens is 1. The Morgan fingerprint density at radius 2 is 2.16 bits per heavy atom. The molecule has 2 aromatic rings. The smallest absolute Gasteiger partial charge is 0.262 e. The lowest BCUT2D eigenvalue weighted by Crippen LogP contribution is -2.20. The van der Waals surface area contributed by atoms with E-state index in [2.05, 4.69) is 10.3 Å². The van der Waals surface area contributed by atoms with Crippen LogP contribution in [0.4, 0.5) is 14.5 Å². The van der Waals surface area contributed by atoms with Crippen molar-refractivity contribution in [2.45, 2.75) is 0 Å². The Morgan fingerprint density at radius 1 is 1.32 bits per heavy atom. The van der Waals surface area contributed by atoms with Crippen LogP contribution in [0.5, 0.6) is 5.75 Å². The molecule has 1 heterocycles. The van der Waals surface area contributed by atoms with Crippen molar-refractivity contribution in [2.24, 2.45) is 0 Å². The van der Waals surface area contributed by atoms with Gasteiger partial charge in [-0.25, -0.2) is 8.78 Å². The molecule has 0 bridgehead atoms. The van der Waals surface area contributed by atoms with Gasteiger partial charge in [-0.05, 0) is 24.3 Å². The van der Waals surface area contributed by atoms with Gasteiger partial charge in [0.05, 0.1) is 11.9 Å². The van der Waals surface area contributed by atoms with Crippen molar-refractivity contribution in [2.75, 3.05) is 11.9 Å². The largest absolute Gasteiger partial charge is 0.482 e. The monoisotopic (exact) mass is 264 g/mol. The highest BCUT2D eigenvalue weighted by Gasteiger charge is 2.08. The summed E-state index contributed by atoms with van der Waals surface area (Å²) in [6.45, 7) is -0.289. The highest BCUT2D eigenvalue weighted by atomic mass is 19.1. The Morgan fingerprint density at radius 3 is 2.84 bits per heavy atom. The lowest BCUT2D eigenvalue weighted by Gasteiger charge is -2.07. The van der Waals surface area contributed by atoms with Gasteiger partial charge in [-0.1, -0.05) is 0 Å². The number of carbonyl (C=O) groups excluding carboxylic acids is 1. The van der Waals surface area contributed by atoms with Crippen LogP contribution in [0, 0.1) is 11.6 Å². The molecular formula is C13H10F2N2O2. The van der Waals surface area contributed by atoms with Crippen molar-refractivity contribution < 1.29 is 18.3 Å². The number of amides is 1. The zero-order valence-corrected chi connectivity index (χ0v) is 9.77. The third-order valence-electron chi connectivity index (χ3n) is 2.21. The van der Waals surface area contributed by atoms with Crippen LogP contribution in [-0.2, 0) is 4.79 Å². The SMILES string of the molecule is O=C(COc1cccnc1)Nc1ccc(F)cc1F. The van der Waals surface area contributed by atoms with Gasteiger partial charge in [0.1, 0.15) is 17.4 Å². The van der Waals surface area contributed by atoms with Crippen molar-refractivity contribution in [3.8, 4) is 5.75 Å². The van der Waals surface area contributed by atoms with E-state index in [1.165, 1.54) is 6.20 Å². The van der Waals surface area contributed by atoms with Gasteiger partial charge in [0.25, 0.3) is 5.91 Å². The summed E-state index contributed by atoms with van der Waals surface area (Å²) in [6, 6.07) is 6.19. The van der Waals surface area contributed by atoms with Crippen LogP contribution in [0.25, 0.3) is 0 Å². The molecule has 1 aromatic carbocycles. The predicted octanol–water partition coefficient (Wildman–Crippen LogP) is 2.38. The number of halogens is 2. The Bertz CT molecular complexity index is 576. The molecular weight excluding hydrogens is 254 g/mol. The second-order valence-corrected chi connectivity index (χ2v) is 3.65. The molecule has 0 unspecified atom stereocenters. The molecule has 1 N–H and O–H groups in total. The number of nitrogens with one attached hydrogen (secondary N) is 1. The first-order chi connectivity index (χ1) is 9.15. The van der Waals surface area contributed by atoms with E-state index in [9.17, 15) is 13.6 Å².